The van der Waals surface area contributed by atoms with Gasteiger partial charge in [-0.3, -0.25) is 0 Å². The van der Waals surface area contributed by atoms with Crippen LogP contribution in [0.25, 0.3) is 0 Å². The lowest BCUT2D eigenvalue weighted by Crippen LogP contribution is -2.46. The van der Waals surface area contributed by atoms with Gasteiger partial charge in [-0.25, -0.2) is 0 Å². The molecule has 4 aliphatic carbocycles. The predicted molar refractivity (Wildman–Crippen MR) is 71.9 cm³/mol. The van der Waals surface area contributed by atoms with Gasteiger partial charge in [-0.05, 0) is 67.6 Å². The third kappa shape index (κ3) is 1.29. The zero-order valence-corrected chi connectivity index (χ0v) is 11.9. The Hall–Kier alpha value is -0.120. The number of hydrogen-bond acceptors (Lipinski definition) is 3. The van der Waals surface area contributed by atoms with Crippen molar-refractivity contribution in [3.05, 3.63) is 0 Å². The molecular weight excluding hydrogens is 252 g/mol. The molecule has 6 rings (SSSR count). The second-order valence-corrected chi connectivity index (χ2v) is 8.16. The van der Waals surface area contributed by atoms with Crippen molar-refractivity contribution in [2.24, 2.45) is 35.5 Å². The minimum absolute atomic E-state index is 0.405. The average molecular weight is 276 g/mol. The van der Waals surface area contributed by atoms with E-state index < -0.39 is 0 Å². The summed E-state index contributed by atoms with van der Waals surface area (Å²) >= 11 is 0. The summed E-state index contributed by atoms with van der Waals surface area (Å²) in [7, 11) is 0. The van der Waals surface area contributed by atoms with E-state index in [9.17, 15) is 0 Å². The van der Waals surface area contributed by atoms with Gasteiger partial charge in [-0.2, -0.15) is 0 Å². The molecule has 0 N–H and O–H groups in total. The van der Waals surface area contributed by atoms with Crippen LogP contribution in [0.15, 0.2) is 0 Å². The molecule has 2 heterocycles. The van der Waals surface area contributed by atoms with E-state index in [2.05, 4.69) is 0 Å². The largest absolute Gasteiger partial charge is 0.369 e. The van der Waals surface area contributed by atoms with Crippen LogP contribution in [-0.4, -0.2) is 31.2 Å². The molecule has 10 atom stereocenters. The Morgan fingerprint density at radius 1 is 0.650 bits per heavy atom. The summed E-state index contributed by atoms with van der Waals surface area (Å²) in [5.74, 6) is 5.33. The van der Waals surface area contributed by atoms with Crippen molar-refractivity contribution in [2.75, 3.05) is 6.79 Å². The molecule has 0 radical (unpaired) electrons. The van der Waals surface area contributed by atoms with Crippen LogP contribution in [0.2, 0.25) is 0 Å². The quantitative estimate of drug-likeness (QED) is 0.637. The van der Waals surface area contributed by atoms with Gasteiger partial charge in [0, 0.05) is 0 Å². The van der Waals surface area contributed by atoms with Crippen molar-refractivity contribution in [1.29, 1.82) is 0 Å². The van der Waals surface area contributed by atoms with Crippen molar-refractivity contribution in [3.63, 3.8) is 0 Å². The fraction of sp³-hybridized carbons (Fsp3) is 1.00. The molecule has 20 heavy (non-hydrogen) atoms. The van der Waals surface area contributed by atoms with Gasteiger partial charge in [0.2, 0.25) is 0 Å². The summed E-state index contributed by atoms with van der Waals surface area (Å²) in [6.45, 7) is 0.542. The lowest BCUT2D eigenvalue weighted by molar-refractivity contribution is -0.0416. The summed E-state index contributed by atoms with van der Waals surface area (Å²) in [6.07, 6.45) is 10.5. The fourth-order valence-electron chi connectivity index (χ4n) is 7.15. The summed E-state index contributed by atoms with van der Waals surface area (Å²) in [6, 6.07) is 0. The van der Waals surface area contributed by atoms with Gasteiger partial charge in [-0.15, -0.1) is 0 Å². The number of epoxide rings is 1. The van der Waals surface area contributed by atoms with Crippen molar-refractivity contribution >= 4 is 0 Å². The first-order valence-electron chi connectivity index (χ1n) is 8.80. The molecule has 3 heteroatoms. The molecule has 6 fully saturated rings. The zero-order valence-electron chi connectivity index (χ0n) is 11.9. The summed E-state index contributed by atoms with van der Waals surface area (Å²) in [5, 5.41) is 0. The predicted octanol–water partition coefficient (Wildman–Crippen LogP) is 2.59. The first-order valence-corrected chi connectivity index (χ1v) is 8.80. The highest BCUT2D eigenvalue weighted by Crippen LogP contribution is 2.64. The van der Waals surface area contributed by atoms with Crippen LogP contribution < -0.4 is 0 Å². The van der Waals surface area contributed by atoms with Crippen molar-refractivity contribution in [2.45, 2.75) is 62.9 Å². The Kier molecular flexibility index (Phi) is 2.17. The van der Waals surface area contributed by atoms with Crippen LogP contribution >= 0.6 is 0 Å². The van der Waals surface area contributed by atoms with E-state index in [0.29, 0.717) is 31.2 Å². The molecule has 2 saturated heterocycles. The SMILES string of the molecule is C1CC2C(C1)C1OC1C1C2CCC2C1CC1OCOC12. The topological polar surface area (TPSA) is 31.0 Å². The highest BCUT2D eigenvalue weighted by Gasteiger charge is 2.66. The molecule has 0 bridgehead atoms. The van der Waals surface area contributed by atoms with Gasteiger partial charge >= 0.3 is 0 Å². The van der Waals surface area contributed by atoms with Crippen molar-refractivity contribution in [3.8, 4) is 0 Å². The molecule has 0 aromatic heterocycles. The van der Waals surface area contributed by atoms with Crippen LogP contribution in [0, 0.1) is 35.5 Å². The van der Waals surface area contributed by atoms with Gasteiger partial charge < -0.3 is 14.2 Å². The van der Waals surface area contributed by atoms with Gasteiger partial charge in [0.1, 0.15) is 6.79 Å². The molecule has 0 aromatic carbocycles. The van der Waals surface area contributed by atoms with Gasteiger partial charge in [0.25, 0.3) is 0 Å². The Morgan fingerprint density at radius 3 is 2.50 bits per heavy atom. The molecular formula is C17H24O3. The molecule has 110 valence electrons. The minimum Gasteiger partial charge on any atom is -0.369 e. The maximum atomic E-state index is 6.21. The Bertz CT molecular complexity index is 438. The molecule has 0 spiro atoms. The highest BCUT2D eigenvalue weighted by atomic mass is 16.7. The maximum Gasteiger partial charge on any atom is 0.147 e. The van der Waals surface area contributed by atoms with Gasteiger partial charge in [-0.1, -0.05) is 6.42 Å². The molecule has 6 aliphatic rings. The summed E-state index contributed by atoms with van der Waals surface area (Å²) in [5.41, 5.74) is 0. The first-order chi connectivity index (χ1) is 9.92. The third-order valence-corrected chi connectivity index (χ3v) is 7.75. The van der Waals surface area contributed by atoms with E-state index in [1.54, 1.807) is 0 Å². The minimum atomic E-state index is 0.405. The Morgan fingerprint density at radius 2 is 1.50 bits per heavy atom. The molecule has 4 saturated carbocycles. The van der Waals surface area contributed by atoms with E-state index in [4.69, 9.17) is 14.2 Å². The maximum absolute atomic E-state index is 6.21. The van der Waals surface area contributed by atoms with E-state index in [1.165, 1.54) is 38.5 Å². The van der Waals surface area contributed by atoms with Crippen LogP contribution in [0.4, 0.5) is 0 Å². The number of ether oxygens (including phenoxy) is 3. The normalized spacial score (nSPS) is 66.0. The van der Waals surface area contributed by atoms with Gasteiger partial charge in [0.15, 0.2) is 0 Å². The molecule has 3 nitrogen and oxygen atoms in total. The molecule has 2 aliphatic heterocycles. The Labute approximate surface area is 120 Å². The van der Waals surface area contributed by atoms with Crippen molar-refractivity contribution < 1.29 is 14.2 Å². The van der Waals surface area contributed by atoms with E-state index in [-0.39, 0.29) is 0 Å². The molecule has 0 aromatic rings. The summed E-state index contributed by atoms with van der Waals surface area (Å²) < 4.78 is 17.9. The van der Waals surface area contributed by atoms with E-state index in [1.807, 2.05) is 0 Å². The number of fused-ring (bicyclic) bond motifs is 10. The molecule has 0 amide bonds. The number of rotatable bonds is 0. The highest BCUT2D eigenvalue weighted by molar-refractivity contribution is 5.14. The third-order valence-electron chi connectivity index (χ3n) is 7.75. The lowest BCUT2D eigenvalue weighted by atomic mass is 9.57. The zero-order chi connectivity index (χ0) is 12.8. The summed E-state index contributed by atoms with van der Waals surface area (Å²) in [4.78, 5) is 0. The van der Waals surface area contributed by atoms with E-state index in [0.717, 1.165) is 35.5 Å². The first kappa shape index (κ1) is 11.4. The second kappa shape index (κ2) is 3.80. The second-order valence-electron chi connectivity index (χ2n) is 8.16. The molecule has 10 unspecified atom stereocenters. The van der Waals surface area contributed by atoms with Crippen LogP contribution in [0.3, 0.4) is 0 Å². The van der Waals surface area contributed by atoms with E-state index >= 15 is 0 Å². The fourth-order valence-corrected chi connectivity index (χ4v) is 7.15. The van der Waals surface area contributed by atoms with Crippen LogP contribution in [0.1, 0.15) is 38.5 Å². The average Bonchev–Trinajstić information content (AvgIpc) is 2.85. The van der Waals surface area contributed by atoms with Crippen LogP contribution in [-0.2, 0) is 14.2 Å². The standard InChI is InChI=1S/C17H24O3/c1-2-8-9-4-5-11-12(6-13-15(11)19-7-18-13)14(9)17-16(20-17)10(8)3-1/h8-17H,1-7H2. The monoisotopic (exact) mass is 276 g/mol. The smallest absolute Gasteiger partial charge is 0.147 e. The Balaban J connectivity index is 1.35. The lowest BCUT2D eigenvalue weighted by Gasteiger charge is -2.47. The van der Waals surface area contributed by atoms with Crippen molar-refractivity contribution in [1.82, 2.24) is 0 Å². The van der Waals surface area contributed by atoms with Crippen LogP contribution in [0.5, 0.6) is 0 Å². The number of hydrogen-bond donors (Lipinski definition) is 0. The van der Waals surface area contributed by atoms with Gasteiger partial charge in [0.05, 0.1) is 24.4 Å².